The molecule has 1 saturated carbocycles. The molecule has 1 aliphatic carbocycles. The van der Waals surface area contributed by atoms with Gasteiger partial charge in [-0.15, -0.1) is 0 Å². The molecule has 0 radical (unpaired) electrons. The Morgan fingerprint density at radius 3 is 2.44 bits per heavy atom. The standard InChI is InChI=1S/C22H21N3O2/c1-14-9-11-15(12-10-14)20-13-18(17-7-2-3-8-19(17)23-20)22(27)25-24-21(26)16-5-4-6-16/h2-3,7-13,16H,4-6H2,1H3,(H,24,26)(H,25,27). The molecule has 3 aromatic rings. The van der Waals surface area contributed by atoms with Gasteiger partial charge in [0.2, 0.25) is 5.91 Å². The predicted molar refractivity (Wildman–Crippen MR) is 105 cm³/mol. The van der Waals surface area contributed by atoms with E-state index in [1.807, 2.05) is 55.5 Å². The summed E-state index contributed by atoms with van der Waals surface area (Å²) in [6.07, 6.45) is 2.84. The molecular weight excluding hydrogens is 338 g/mol. The summed E-state index contributed by atoms with van der Waals surface area (Å²) in [4.78, 5) is 29.5. The number of hydrogen-bond acceptors (Lipinski definition) is 3. The molecular formula is C22H21N3O2. The first-order valence-electron chi connectivity index (χ1n) is 9.19. The second-order valence-electron chi connectivity index (χ2n) is 7.01. The van der Waals surface area contributed by atoms with Crippen molar-refractivity contribution in [1.29, 1.82) is 0 Å². The van der Waals surface area contributed by atoms with Gasteiger partial charge in [-0.05, 0) is 31.9 Å². The maximum absolute atomic E-state index is 12.8. The van der Waals surface area contributed by atoms with Gasteiger partial charge in [-0.3, -0.25) is 20.4 Å². The number of hydrazine groups is 1. The first-order valence-corrected chi connectivity index (χ1v) is 9.19. The second kappa shape index (κ2) is 7.19. The zero-order chi connectivity index (χ0) is 18.8. The molecule has 2 aromatic carbocycles. The van der Waals surface area contributed by atoms with E-state index in [0.717, 1.165) is 47.0 Å². The van der Waals surface area contributed by atoms with E-state index in [2.05, 4.69) is 10.9 Å². The van der Waals surface area contributed by atoms with E-state index in [-0.39, 0.29) is 17.7 Å². The number of rotatable bonds is 3. The maximum atomic E-state index is 12.8. The number of carbonyl (C=O) groups is 2. The number of fused-ring (bicyclic) bond motifs is 1. The van der Waals surface area contributed by atoms with Crippen molar-refractivity contribution in [3.05, 3.63) is 65.7 Å². The summed E-state index contributed by atoms with van der Waals surface area (Å²) < 4.78 is 0. The highest BCUT2D eigenvalue weighted by atomic mass is 16.2. The Morgan fingerprint density at radius 1 is 1.00 bits per heavy atom. The lowest BCUT2D eigenvalue weighted by Gasteiger charge is -2.24. The van der Waals surface area contributed by atoms with Crippen LogP contribution in [0, 0.1) is 12.8 Å². The molecule has 5 heteroatoms. The van der Waals surface area contributed by atoms with Crippen LogP contribution in [0.4, 0.5) is 0 Å². The van der Waals surface area contributed by atoms with Gasteiger partial charge in [0, 0.05) is 16.9 Å². The van der Waals surface area contributed by atoms with Gasteiger partial charge in [0.25, 0.3) is 5.91 Å². The third kappa shape index (κ3) is 3.53. The number of para-hydroxylation sites is 1. The third-order valence-corrected chi connectivity index (χ3v) is 5.08. The number of nitrogens with one attached hydrogen (secondary N) is 2. The fourth-order valence-electron chi connectivity index (χ4n) is 3.19. The molecule has 0 unspecified atom stereocenters. The van der Waals surface area contributed by atoms with Crippen LogP contribution < -0.4 is 10.9 Å². The summed E-state index contributed by atoms with van der Waals surface area (Å²) >= 11 is 0. The quantitative estimate of drug-likeness (QED) is 0.699. The van der Waals surface area contributed by atoms with E-state index >= 15 is 0 Å². The van der Waals surface area contributed by atoms with Crippen LogP contribution in [-0.2, 0) is 4.79 Å². The number of carbonyl (C=O) groups excluding carboxylic acids is 2. The number of benzene rings is 2. The van der Waals surface area contributed by atoms with Crippen LogP contribution in [0.3, 0.4) is 0 Å². The molecule has 1 heterocycles. The van der Waals surface area contributed by atoms with Crippen LogP contribution in [0.15, 0.2) is 54.6 Å². The zero-order valence-corrected chi connectivity index (χ0v) is 15.2. The minimum Gasteiger partial charge on any atom is -0.273 e. The van der Waals surface area contributed by atoms with Crippen molar-refractivity contribution in [3.8, 4) is 11.3 Å². The molecule has 0 spiro atoms. The highest BCUT2D eigenvalue weighted by Crippen LogP contribution is 2.27. The molecule has 2 N–H and O–H groups in total. The Kier molecular flexibility index (Phi) is 4.59. The lowest BCUT2D eigenvalue weighted by atomic mass is 9.85. The van der Waals surface area contributed by atoms with Crippen molar-refractivity contribution in [2.45, 2.75) is 26.2 Å². The smallest absolute Gasteiger partial charge is 0.270 e. The molecule has 1 fully saturated rings. The first-order chi connectivity index (χ1) is 13.1. The summed E-state index contributed by atoms with van der Waals surface area (Å²) in [7, 11) is 0. The van der Waals surface area contributed by atoms with Crippen LogP contribution >= 0.6 is 0 Å². The van der Waals surface area contributed by atoms with Gasteiger partial charge in [-0.25, -0.2) is 4.98 Å². The molecule has 1 aromatic heterocycles. The molecule has 5 nitrogen and oxygen atoms in total. The van der Waals surface area contributed by atoms with E-state index in [9.17, 15) is 9.59 Å². The fraction of sp³-hybridized carbons (Fsp3) is 0.227. The molecule has 4 rings (SSSR count). The second-order valence-corrected chi connectivity index (χ2v) is 7.01. The van der Waals surface area contributed by atoms with Crippen LogP contribution in [0.5, 0.6) is 0 Å². The van der Waals surface area contributed by atoms with E-state index < -0.39 is 0 Å². The summed E-state index contributed by atoms with van der Waals surface area (Å²) in [5.74, 6) is -0.441. The van der Waals surface area contributed by atoms with Crippen LogP contribution in [0.1, 0.15) is 35.2 Å². The summed E-state index contributed by atoms with van der Waals surface area (Å²) in [5.41, 5.74) is 9.18. The van der Waals surface area contributed by atoms with Gasteiger partial charge in [0.1, 0.15) is 0 Å². The Labute approximate surface area is 157 Å². The van der Waals surface area contributed by atoms with E-state index in [4.69, 9.17) is 4.98 Å². The monoisotopic (exact) mass is 359 g/mol. The largest absolute Gasteiger partial charge is 0.273 e. The molecule has 0 aliphatic heterocycles. The van der Waals surface area contributed by atoms with Crippen molar-refractivity contribution in [2.75, 3.05) is 0 Å². The average molecular weight is 359 g/mol. The van der Waals surface area contributed by atoms with Crippen molar-refractivity contribution in [1.82, 2.24) is 15.8 Å². The lowest BCUT2D eigenvalue weighted by Crippen LogP contribution is -2.46. The Balaban J connectivity index is 1.66. The first kappa shape index (κ1) is 17.2. The van der Waals surface area contributed by atoms with Crippen molar-refractivity contribution in [3.63, 3.8) is 0 Å². The van der Waals surface area contributed by atoms with Gasteiger partial charge in [-0.2, -0.15) is 0 Å². The highest BCUT2D eigenvalue weighted by Gasteiger charge is 2.25. The highest BCUT2D eigenvalue weighted by molar-refractivity contribution is 6.07. The molecule has 27 heavy (non-hydrogen) atoms. The topological polar surface area (TPSA) is 71.1 Å². The number of pyridine rings is 1. The van der Waals surface area contributed by atoms with Gasteiger partial charge < -0.3 is 0 Å². The molecule has 0 saturated heterocycles. The number of nitrogens with zero attached hydrogens (tertiary/aromatic N) is 1. The van der Waals surface area contributed by atoms with E-state index in [0.29, 0.717) is 5.56 Å². The molecule has 0 atom stereocenters. The fourth-order valence-corrected chi connectivity index (χ4v) is 3.19. The Bertz CT molecular complexity index is 1010. The Hall–Kier alpha value is -3.21. The predicted octanol–water partition coefficient (Wildman–Crippen LogP) is 3.77. The normalized spacial score (nSPS) is 13.8. The number of amides is 2. The summed E-state index contributed by atoms with van der Waals surface area (Å²) in [6.45, 7) is 2.03. The van der Waals surface area contributed by atoms with Crippen LogP contribution in [0.2, 0.25) is 0 Å². The third-order valence-electron chi connectivity index (χ3n) is 5.08. The summed E-state index contributed by atoms with van der Waals surface area (Å²) in [6, 6.07) is 17.3. The minimum atomic E-state index is -0.338. The Morgan fingerprint density at radius 2 is 1.74 bits per heavy atom. The molecule has 2 amide bonds. The molecule has 0 bridgehead atoms. The number of aromatic nitrogens is 1. The number of aryl methyl sites for hydroxylation is 1. The SMILES string of the molecule is Cc1ccc(-c2cc(C(=O)NNC(=O)C3CCC3)c3ccccc3n2)cc1. The van der Waals surface area contributed by atoms with Crippen molar-refractivity contribution >= 4 is 22.7 Å². The number of hydrogen-bond donors (Lipinski definition) is 2. The molecule has 136 valence electrons. The van der Waals surface area contributed by atoms with Crippen LogP contribution in [-0.4, -0.2) is 16.8 Å². The van der Waals surface area contributed by atoms with Gasteiger partial charge in [0.15, 0.2) is 0 Å². The lowest BCUT2D eigenvalue weighted by molar-refractivity contribution is -0.128. The van der Waals surface area contributed by atoms with Crippen LogP contribution in [0.25, 0.3) is 22.2 Å². The maximum Gasteiger partial charge on any atom is 0.270 e. The van der Waals surface area contributed by atoms with Gasteiger partial charge >= 0.3 is 0 Å². The van der Waals surface area contributed by atoms with E-state index in [1.165, 1.54) is 0 Å². The van der Waals surface area contributed by atoms with Crippen molar-refractivity contribution < 1.29 is 9.59 Å². The molecule has 1 aliphatic rings. The van der Waals surface area contributed by atoms with Crippen molar-refractivity contribution in [2.24, 2.45) is 5.92 Å². The average Bonchev–Trinajstić information content (AvgIpc) is 2.64. The van der Waals surface area contributed by atoms with E-state index in [1.54, 1.807) is 6.07 Å². The van der Waals surface area contributed by atoms with Gasteiger partial charge in [0.05, 0.1) is 16.8 Å². The summed E-state index contributed by atoms with van der Waals surface area (Å²) in [5, 5.41) is 0.753. The van der Waals surface area contributed by atoms with Gasteiger partial charge in [-0.1, -0.05) is 54.4 Å². The zero-order valence-electron chi connectivity index (χ0n) is 15.2. The minimum absolute atomic E-state index is 0.0163.